The summed E-state index contributed by atoms with van der Waals surface area (Å²) in [5.41, 5.74) is 3.88. The van der Waals surface area contributed by atoms with Gasteiger partial charge in [-0.2, -0.15) is 0 Å². The van der Waals surface area contributed by atoms with Crippen molar-refractivity contribution in [1.29, 1.82) is 0 Å². The third kappa shape index (κ3) is 3.55. The Hall–Kier alpha value is -2.43. The van der Waals surface area contributed by atoms with Crippen LogP contribution in [0.4, 0.5) is 5.69 Å². The molecule has 1 amide bonds. The number of hydrogen-bond donors (Lipinski definition) is 1. The van der Waals surface area contributed by atoms with Gasteiger partial charge in [-0.05, 0) is 42.8 Å². The van der Waals surface area contributed by atoms with Crippen molar-refractivity contribution < 1.29 is 4.79 Å². The number of carbonyl (C=O) groups is 1. The first-order valence-corrected chi connectivity index (χ1v) is 7.94. The fraction of sp³-hybridized carbons (Fsp3) is 0.0556. The third-order valence-corrected chi connectivity index (χ3v) is 4.18. The predicted octanol–water partition coefficient (Wildman–Crippen LogP) is 5.01. The van der Waals surface area contributed by atoms with Crippen LogP contribution in [-0.2, 0) is 0 Å². The fourth-order valence-corrected chi connectivity index (χ4v) is 2.52. The Balaban J connectivity index is 1.88. The molecule has 3 rings (SSSR count). The zero-order chi connectivity index (χ0) is 17.1. The summed E-state index contributed by atoms with van der Waals surface area (Å²) in [7, 11) is 0. The molecule has 0 radical (unpaired) electrons. The van der Waals surface area contributed by atoms with Crippen molar-refractivity contribution >= 4 is 34.8 Å². The van der Waals surface area contributed by atoms with Crippen molar-refractivity contribution in [2.24, 2.45) is 0 Å². The predicted molar refractivity (Wildman–Crippen MR) is 96.6 cm³/mol. The van der Waals surface area contributed by atoms with E-state index >= 15 is 0 Å². The summed E-state index contributed by atoms with van der Waals surface area (Å²) in [6.07, 6.45) is 3.12. The molecule has 0 aliphatic heterocycles. The molecule has 4 nitrogen and oxygen atoms in total. The monoisotopic (exact) mass is 357 g/mol. The lowest BCUT2D eigenvalue weighted by Gasteiger charge is -2.10. The molecule has 0 unspecified atom stereocenters. The van der Waals surface area contributed by atoms with E-state index in [4.69, 9.17) is 23.2 Å². The molecule has 6 heteroatoms. The van der Waals surface area contributed by atoms with Crippen molar-refractivity contribution in [1.82, 2.24) is 9.97 Å². The van der Waals surface area contributed by atoms with E-state index < -0.39 is 0 Å². The van der Waals surface area contributed by atoms with Gasteiger partial charge in [0.05, 0.1) is 16.3 Å². The van der Waals surface area contributed by atoms with Crippen LogP contribution in [0.1, 0.15) is 15.9 Å². The Morgan fingerprint density at radius 2 is 1.92 bits per heavy atom. The zero-order valence-corrected chi connectivity index (χ0v) is 14.3. The number of rotatable bonds is 3. The molecule has 0 bridgehead atoms. The second-order valence-corrected chi connectivity index (χ2v) is 5.96. The van der Waals surface area contributed by atoms with E-state index in [2.05, 4.69) is 15.3 Å². The molecule has 0 fully saturated rings. The normalized spacial score (nSPS) is 10.5. The highest BCUT2D eigenvalue weighted by Crippen LogP contribution is 2.25. The van der Waals surface area contributed by atoms with E-state index in [-0.39, 0.29) is 16.1 Å². The second kappa shape index (κ2) is 6.99. The van der Waals surface area contributed by atoms with Gasteiger partial charge in [-0.3, -0.25) is 9.78 Å². The highest BCUT2D eigenvalue weighted by Gasteiger charge is 2.11. The average Bonchev–Trinajstić information content (AvgIpc) is 2.59. The Morgan fingerprint density at radius 1 is 1.08 bits per heavy atom. The van der Waals surface area contributed by atoms with Gasteiger partial charge in [-0.1, -0.05) is 35.3 Å². The van der Waals surface area contributed by atoms with Gasteiger partial charge in [0.25, 0.3) is 5.91 Å². The summed E-state index contributed by atoms with van der Waals surface area (Å²) in [5.74, 6) is -0.308. The van der Waals surface area contributed by atoms with Crippen LogP contribution < -0.4 is 5.32 Å². The number of nitrogens with one attached hydrogen (secondary N) is 1. The van der Waals surface area contributed by atoms with E-state index in [9.17, 15) is 4.79 Å². The molecular weight excluding hydrogens is 345 g/mol. The van der Waals surface area contributed by atoms with Gasteiger partial charge in [0.2, 0.25) is 0 Å². The molecule has 0 atom stereocenters. The van der Waals surface area contributed by atoms with Crippen LogP contribution in [-0.4, -0.2) is 15.9 Å². The standard InChI is InChI=1S/C18H13Cl2N3O/c1-11-5-6-13(9-14(11)16-4-2-3-7-21-16)23-18(24)12-8-15(19)17(20)22-10-12/h2-10H,1H3,(H,23,24). The number of halogens is 2. The highest BCUT2D eigenvalue weighted by molar-refractivity contribution is 6.41. The maximum atomic E-state index is 12.3. The summed E-state index contributed by atoms with van der Waals surface area (Å²) in [5, 5.41) is 3.24. The van der Waals surface area contributed by atoms with Gasteiger partial charge in [0.15, 0.2) is 0 Å². The molecule has 0 saturated carbocycles. The maximum Gasteiger partial charge on any atom is 0.257 e. The summed E-state index contributed by atoms with van der Waals surface area (Å²) in [4.78, 5) is 20.6. The van der Waals surface area contributed by atoms with E-state index in [1.807, 2.05) is 43.3 Å². The first-order chi connectivity index (χ1) is 11.5. The van der Waals surface area contributed by atoms with Gasteiger partial charge in [-0.25, -0.2) is 4.98 Å². The topological polar surface area (TPSA) is 54.9 Å². The molecule has 0 aliphatic rings. The van der Waals surface area contributed by atoms with E-state index in [0.717, 1.165) is 16.8 Å². The molecule has 1 aromatic carbocycles. The first-order valence-electron chi connectivity index (χ1n) is 7.19. The minimum absolute atomic E-state index is 0.168. The lowest BCUT2D eigenvalue weighted by atomic mass is 10.0. The quantitative estimate of drug-likeness (QED) is 0.670. The van der Waals surface area contributed by atoms with Gasteiger partial charge in [-0.15, -0.1) is 0 Å². The average molecular weight is 358 g/mol. The van der Waals surface area contributed by atoms with E-state index in [1.165, 1.54) is 12.3 Å². The van der Waals surface area contributed by atoms with Crippen LogP contribution in [0.15, 0.2) is 54.9 Å². The molecule has 120 valence electrons. The minimum atomic E-state index is -0.308. The van der Waals surface area contributed by atoms with Crippen LogP contribution >= 0.6 is 23.2 Å². The van der Waals surface area contributed by atoms with Crippen LogP contribution in [0.25, 0.3) is 11.3 Å². The van der Waals surface area contributed by atoms with Crippen molar-refractivity contribution in [2.45, 2.75) is 6.92 Å². The van der Waals surface area contributed by atoms with Gasteiger partial charge in [0, 0.05) is 23.6 Å². The number of nitrogens with zero attached hydrogens (tertiary/aromatic N) is 2. The van der Waals surface area contributed by atoms with E-state index in [1.54, 1.807) is 6.20 Å². The minimum Gasteiger partial charge on any atom is -0.322 e. The number of aryl methyl sites for hydroxylation is 1. The first kappa shape index (κ1) is 16.4. The van der Waals surface area contributed by atoms with Crippen LogP contribution in [0.3, 0.4) is 0 Å². The zero-order valence-electron chi connectivity index (χ0n) is 12.8. The van der Waals surface area contributed by atoms with Crippen LogP contribution in [0.5, 0.6) is 0 Å². The molecule has 1 N–H and O–H groups in total. The van der Waals surface area contributed by atoms with Crippen molar-refractivity contribution in [3.63, 3.8) is 0 Å². The lowest BCUT2D eigenvalue weighted by molar-refractivity contribution is 0.102. The molecule has 0 aliphatic carbocycles. The second-order valence-electron chi connectivity index (χ2n) is 5.20. The Labute approximate surface area is 149 Å². The van der Waals surface area contributed by atoms with Gasteiger partial charge in [0.1, 0.15) is 5.15 Å². The third-order valence-electron chi connectivity index (χ3n) is 3.49. The number of carbonyl (C=O) groups excluding carboxylic acids is 1. The molecule has 0 spiro atoms. The molecule has 2 heterocycles. The number of amides is 1. The fourth-order valence-electron chi connectivity index (χ4n) is 2.25. The largest absolute Gasteiger partial charge is 0.322 e. The van der Waals surface area contributed by atoms with Gasteiger partial charge < -0.3 is 5.32 Å². The summed E-state index contributed by atoms with van der Waals surface area (Å²) >= 11 is 11.7. The number of anilines is 1. The van der Waals surface area contributed by atoms with Crippen LogP contribution in [0, 0.1) is 6.92 Å². The van der Waals surface area contributed by atoms with Gasteiger partial charge >= 0.3 is 0 Å². The molecular formula is C18H13Cl2N3O. The Morgan fingerprint density at radius 3 is 2.62 bits per heavy atom. The molecule has 0 saturated heterocycles. The Bertz CT molecular complexity index is 898. The van der Waals surface area contributed by atoms with Crippen molar-refractivity contribution in [2.75, 3.05) is 5.32 Å². The maximum absolute atomic E-state index is 12.3. The summed E-state index contributed by atoms with van der Waals surface area (Å²) < 4.78 is 0. The van der Waals surface area contributed by atoms with Crippen molar-refractivity contribution in [3.8, 4) is 11.3 Å². The Kier molecular flexibility index (Phi) is 4.79. The summed E-state index contributed by atoms with van der Waals surface area (Å²) in [6, 6.07) is 12.9. The van der Waals surface area contributed by atoms with E-state index in [0.29, 0.717) is 11.3 Å². The number of benzene rings is 1. The SMILES string of the molecule is Cc1ccc(NC(=O)c2cnc(Cl)c(Cl)c2)cc1-c1ccccn1. The summed E-state index contributed by atoms with van der Waals surface area (Å²) in [6.45, 7) is 2.00. The van der Waals surface area contributed by atoms with Crippen LogP contribution in [0.2, 0.25) is 10.2 Å². The highest BCUT2D eigenvalue weighted by atomic mass is 35.5. The van der Waals surface area contributed by atoms with Crippen molar-refractivity contribution in [3.05, 3.63) is 76.2 Å². The molecule has 2 aromatic heterocycles. The lowest BCUT2D eigenvalue weighted by Crippen LogP contribution is -2.12. The number of aromatic nitrogens is 2. The number of hydrogen-bond acceptors (Lipinski definition) is 3. The molecule has 3 aromatic rings. The number of pyridine rings is 2. The smallest absolute Gasteiger partial charge is 0.257 e. The molecule has 24 heavy (non-hydrogen) atoms.